The molecule has 0 fully saturated rings. The van der Waals surface area contributed by atoms with E-state index in [1.54, 1.807) is 0 Å². The fraction of sp³-hybridized carbons (Fsp3) is 0.500. The van der Waals surface area contributed by atoms with Crippen molar-refractivity contribution in [1.82, 2.24) is 0 Å². The molecule has 4 heteroatoms. The van der Waals surface area contributed by atoms with Crippen LogP contribution in [0, 0.1) is 16.7 Å². The quantitative estimate of drug-likeness (QED) is 0.324. The Morgan fingerprint density at radius 2 is 2.50 bits per heavy atom. The van der Waals surface area contributed by atoms with Gasteiger partial charge in [0.1, 0.15) is 0 Å². The van der Waals surface area contributed by atoms with Gasteiger partial charge in [-0.2, -0.15) is 5.26 Å². The van der Waals surface area contributed by atoms with Gasteiger partial charge in [-0.1, -0.05) is 11.8 Å². The summed E-state index contributed by atoms with van der Waals surface area (Å²) in [5.74, 6) is 0.631. The summed E-state index contributed by atoms with van der Waals surface area (Å²) in [4.78, 5) is 0. The summed E-state index contributed by atoms with van der Waals surface area (Å²) in [6.07, 6.45) is 0.463. The van der Waals surface area contributed by atoms with Gasteiger partial charge in [-0.25, -0.2) is 0 Å². The second-order valence-corrected chi connectivity index (χ2v) is 2.26. The molecule has 0 aliphatic heterocycles. The molecule has 8 heavy (non-hydrogen) atoms. The van der Waals surface area contributed by atoms with Gasteiger partial charge >= 0.3 is 0 Å². The molecule has 0 rings (SSSR count). The number of hydrogen-bond acceptors (Lipinski definition) is 3. The summed E-state index contributed by atoms with van der Waals surface area (Å²) in [5.41, 5.74) is 4.97. The highest BCUT2D eigenvalue weighted by atomic mass is 32.2. The highest BCUT2D eigenvalue weighted by Crippen LogP contribution is 1.98. The molecule has 0 aromatic carbocycles. The Bertz CT molecular complexity index is 115. The lowest BCUT2D eigenvalue weighted by Gasteiger charge is -1.89. The average molecular weight is 129 g/mol. The molecule has 0 radical (unpaired) electrons. The van der Waals surface area contributed by atoms with E-state index in [0.717, 1.165) is 0 Å². The molecule has 0 saturated heterocycles. The average Bonchev–Trinajstić information content (AvgIpc) is 1.66. The Hall–Kier alpha value is -0.690. The normalized spacial score (nSPS) is 7.88. The standard InChI is InChI=1S/C4H7N3S/c5-2-1-3-8-4(6)7/h1,3H2,(H3,6,7). The molecule has 0 aliphatic carbocycles. The van der Waals surface area contributed by atoms with Gasteiger partial charge in [0.05, 0.1) is 6.07 Å². The van der Waals surface area contributed by atoms with Crippen LogP contribution in [0.4, 0.5) is 0 Å². The summed E-state index contributed by atoms with van der Waals surface area (Å²) in [6.45, 7) is 0. The van der Waals surface area contributed by atoms with Crippen LogP contribution in [0.25, 0.3) is 0 Å². The van der Waals surface area contributed by atoms with Crippen LogP contribution in [0.15, 0.2) is 0 Å². The van der Waals surface area contributed by atoms with Crippen molar-refractivity contribution < 1.29 is 0 Å². The molecule has 3 N–H and O–H groups in total. The van der Waals surface area contributed by atoms with Gasteiger partial charge in [0, 0.05) is 12.2 Å². The number of nitriles is 1. The molecule has 0 aromatic rings. The number of hydrogen-bond donors (Lipinski definition) is 2. The predicted octanol–water partition coefficient (Wildman–Crippen LogP) is 0.527. The van der Waals surface area contributed by atoms with Crippen LogP contribution in [0.2, 0.25) is 0 Å². The molecular weight excluding hydrogens is 122 g/mol. The number of nitrogens with one attached hydrogen (secondary N) is 1. The van der Waals surface area contributed by atoms with Crippen LogP contribution >= 0.6 is 11.8 Å². The van der Waals surface area contributed by atoms with Crippen LogP contribution in [0.5, 0.6) is 0 Å². The zero-order valence-electron chi connectivity index (χ0n) is 4.35. The van der Waals surface area contributed by atoms with Crippen molar-refractivity contribution in [2.24, 2.45) is 5.73 Å². The minimum Gasteiger partial charge on any atom is -0.379 e. The molecule has 44 valence electrons. The fourth-order valence-corrected chi connectivity index (χ4v) is 0.620. The Labute approximate surface area is 52.4 Å². The second-order valence-electron chi connectivity index (χ2n) is 1.12. The minimum atomic E-state index is 0.0836. The van der Waals surface area contributed by atoms with Gasteiger partial charge in [-0.15, -0.1) is 0 Å². The maximum Gasteiger partial charge on any atom is 0.151 e. The smallest absolute Gasteiger partial charge is 0.151 e. The Balaban J connectivity index is 2.97. The lowest BCUT2D eigenvalue weighted by molar-refractivity contribution is 1.24. The van der Waals surface area contributed by atoms with E-state index in [1.165, 1.54) is 11.8 Å². The summed E-state index contributed by atoms with van der Waals surface area (Å²) in [6, 6.07) is 1.95. The van der Waals surface area contributed by atoms with E-state index >= 15 is 0 Å². The first kappa shape index (κ1) is 7.31. The Morgan fingerprint density at radius 1 is 1.88 bits per heavy atom. The highest BCUT2D eigenvalue weighted by Gasteiger charge is 1.87. The Morgan fingerprint density at radius 3 is 2.88 bits per heavy atom. The van der Waals surface area contributed by atoms with E-state index in [0.29, 0.717) is 12.2 Å². The van der Waals surface area contributed by atoms with Gasteiger partial charge < -0.3 is 5.73 Å². The number of rotatable bonds is 2. The monoisotopic (exact) mass is 129 g/mol. The SMILES string of the molecule is N#CCCSC(=N)N. The van der Waals surface area contributed by atoms with Gasteiger partial charge in [0.2, 0.25) is 0 Å². The molecule has 0 saturated carbocycles. The van der Waals surface area contributed by atoms with Crippen LogP contribution in [-0.2, 0) is 0 Å². The van der Waals surface area contributed by atoms with E-state index in [1.807, 2.05) is 6.07 Å². The van der Waals surface area contributed by atoms with Crippen LogP contribution in [0.3, 0.4) is 0 Å². The third-order valence-corrected chi connectivity index (χ3v) is 1.19. The zero-order valence-corrected chi connectivity index (χ0v) is 5.16. The molecule has 0 unspecified atom stereocenters. The van der Waals surface area contributed by atoms with Crippen molar-refractivity contribution in [2.45, 2.75) is 6.42 Å². The van der Waals surface area contributed by atoms with Crippen molar-refractivity contribution in [3.8, 4) is 6.07 Å². The molecule has 0 aromatic heterocycles. The fourth-order valence-electron chi connectivity index (χ4n) is 0.207. The van der Waals surface area contributed by atoms with E-state index in [-0.39, 0.29) is 5.17 Å². The third kappa shape index (κ3) is 5.31. The third-order valence-electron chi connectivity index (χ3n) is 0.471. The zero-order chi connectivity index (χ0) is 6.41. The summed E-state index contributed by atoms with van der Waals surface area (Å²) >= 11 is 1.19. The van der Waals surface area contributed by atoms with Crippen molar-refractivity contribution in [3.63, 3.8) is 0 Å². The van der Waals surface area contributed by atoms with E-state index in [4.69, 9.17) is 16.4 Å². The van der Waals surface area contributed by atoms with Crippen molar-refractivity contribution in [2.75, 3.05) is 5.75 Å². The van der Waals surface area contributed by atoms with Crippen LogP contribution < -0.4 is 5.73 Å². The van der Waals surface area contributed by atoms with Crippen LogP contribution in [0.1, 0.15) is 6.42 Å². The van der Waals surface area contributed by atoms with E-state index in [9.17, 15) is 0 Å². The molecule has 0 spiro atoms. The predicted molar refractivity (Wildman–Crippen MR) is 34.6 cm³/mol. The Kier molecular flexibility index (Phi) is 4.08. The van der Waals surface area contributed by atoms with Crippen molar-refractivity contribution in [3.05, 3.63) is 0 Å². The van der Waals surface area contributed by atoms with Crippen molar-refractivity contribution in [1.29, 1.82) is 10.7 Å². The van der Waals surface area contributed by atoms with E-state index < -0.39 is 0 Å². The lowest BCUT2D eigenvalue weighted by atomic mass is 10.6. The molecule has 0 bridgehead atoms. The number of nitrogens with two attached hydrogens (primary N) is 1. The molecule has 3 nitrogen and oxygen atoms in total. The first-order chi connectivity index (χ1) is 3.77. The molecule has 0 heterocycles. The summed E-state index contributed by atoms with van der Waals surface area (Å²) in [5, 5.41) is 14.8. The minimum absolute atomic E-state index is 0.0836. The topological polar surface area (TPSA) is 73.7 Å². The number of nitrogens with zero attached hydrogens (tertiary/aromatic N) is 1. The number of thioether (sulfide) groups is 1. The lowest BCUT2D eigenvalue weighted by Crippen LogP contribution is -2.03. The second kappa shape index (κ2) is 4.47. The molecule has 0 aliphatic rings. The largest absolute Gasteiger partial charge is 0.379 e. The van der Waals surface area contributed by atoms with E-state index in [2.05, 4.69) is 0 Å². The maximum atomic E-state index is 8.00. The van der Waals surface area contributed by atoms with Gasteiger partial charge in [-0.05, 0) is 0 Å². The first-order valence-corrected chi connectivity index (χ1v) is 3.09. The molecule has 0 atom stereocenters. The summed E-state index contributed by atoms with van der Waals surface area (Å²) in [7, 11) is 0. The van der Waals surface area contributed by atoms with Crippen LogP contribution in [-0.4, -0.2) is 10.9 Å². The van der Waals surface area contributed by atoms with Gasteiger partial charge in [-0.3, -0.25) is 5.41 Å². The molecular formula is C4H7N3S. The molecule has 0 amide bonds. The number of amidine groups is 1. The highest BCUT2D eigenvalue weighted by molar-refractivity contribution is 8.13. The van der Waals surface area contributed by atoms with Gasteiger partial charge in [0.15, 0.2) is 5.17 Å². The first-order valence-electron chi connectivity index (χ1n) is 2.11. The maximum absolute atomic E-state index is 8.00. The summed E-state index contributed by atoms with van der Waals surface area (Å²) < 4.78 is 0. The van der Waals surface area contributed by atoms with Gasteiger partial charge in [0.25, 0.3) is 0 Å². The van der Waals surface area contributed by atoms with Crippen molar-refractivity contribution >= 4 is 16.9 Å².